The first kappa shape index (κ1) is 22.2. The monoisotopic (exact) mass is 478 g/mol. The summed E-state index contributed by atoms with van der Waals surface area (Å²) in [4.78, 5) is -1.69. The van der Waals surface area contributed by atoms with Gasteiger partial charge >= 0.3 is 23.9 Å². The number of alkyl halides is 9. The molecule has 0 amide bonds. The summed E-state index contributed by atoms with van der Waals surface area (Å²) in [5.74, 6) is -33.9. The molecule has 0 atom stereocenters. The van der Waals surface area contributed by atoms with Crippen LogP contribution < -0.4 is 0 Å². The summed E-state index contributed by atoms with van der Waals surface area (Å²) < 4.78 is 168. The van der Waals surface area contributed by atoms with Crippen LogP contribution in [0.3, 0.4) is 0 Å². The summed E-state index contributed by atoms with van der Waals surface area (Å²) in [6, 6.07) is 0. The predicted octanol–water partition coefficient (Wildman–Crippen LogP) is 6.57. The van der Waals surface area contributed by atoms with E-state index in [9.17, 15) is 57.1 Å². The van der Waals surface area contributed by atoms with E-state index in [1.54, 1.807) is 0 Å². The molecule has 0 saturated heterocycles. The minimum absolute atomic E-state index is 0.291. The van der Waals surface area contributed by atoms with Crippen molar-refractivity contribution in [2.75, 3.05) is 0 Å². The lowest BCUT2D eigenvalue weighted by Gasteiger charge is -2.34. The number of hydrogen-bond acceptors (Lipinski definition) is 1. The molecular formula is C10BrF13S. The van der Waals surface area contributed by atoms with Crippen molar-refractivity contribution in [1.82, 2.24) is 0 Å². The van der Waals surface area contributed by atoms with Gasteiger partial charge in [-0.25, -0.2) is 17.6 Å². The quantitative estimate of drug-likeness (QED) is 0.348. The SMILES string of the molecule is Fc1c(F)c(C(F)(F)C(F)(F)C(F)(F)C(F)(F)F)c(F)c(F)c1SBr. The number of hydrogen-bond donors (Lipinski definition) is 0. The van der Waals surface area contributed by atoms with Gasteiger partial charge in [0, 0.05) is 0 Å². The third-order valence-corrected chi connectivity index (χ3v) is 4.24. The van der Waals surface area contributed by atoms with Crippen LogP contribution in [0.15, 0.2) is 4.90 Å². The zero-order valence-corrected chi connectivity index (χ0v) is 13.1. The molecule has 0 N–H and O–H groups in total. The molecule has 0 heterocycles. The van der Waals surface area contributed by atoms with E-state index in [1.807, 2.05) is 0 Å². The standard InChI is InChI=1S/C10BrF13S/c11-25-6-4(14)2(12)1(3(13)5(6)15)7(16,17)8(18,19)9(20,21)10(22,23)24. The maximum Gasteiger partial charge on any atom is 0.460 e. The molecule has 1 aromatic rings. The highest BCUT2D eigenvalue weighted by Gasteiger charge is 2.82. The molecule has 0 radical (unpaired) electrons. The van der Waals surface area contributed by atoms with Crippen LogP contribution in [0.25, 0.3) is 0 Å². The van der Waals surface area contributed by atoms with E-state index in [0.717, 1.165) is 0 Å². The highest BCUT2D eigenvalue weighted by atomic mass is 79.9. The molecule has 1 aromatic carbocycles. The van der Waals surface area contributed by atoms with E-state index in [2.05, 4.69) is 14.8 Å². The fourth-order valence-corrected chi connectivity index (χ4v) is 2.65. The third-order valence-electron chi connectivity index (χ3n) is 2.76. The Balaban J connectivity index is 3.82. The van der Waals surface area contributed by atoms with Crippen LogP contribution in [-0.4, -0.2) is 18.0 Å². The molecule has 0 aliphatic heterocycles. The summed E-state index contributed by atoms with van der Waals surface area (Å²) in [6.07, 6.45) is -7.27. The van der Waals surface area contributed by atoms with Crippen molar-refractivity contribution in [2.45, 2.75) is 28.8 Å². The van der Waals surface area contributed by atoms with Crippen LogP contribution in [0.5, 0.6) is 0 Å². The molecule has 0 bridgehead atoms. The number of rotatable bonds is 4. The van der Waals surface area contributed by atoms with Gasteiger partial charge in [-0.15, -0.1) is 0 Å². The van der Waals surface area contributed by atoms with Crippen LogP contribution in [0.4, 0.5) is 57.1 Å². The second-order valence-corrected chi connectivity index (χ2v) is 5.79. The molecule has 144 valence electrons. The summed E-state index contributed by atoms with van der Waals surface area (Å²) in [5.41, 5.74) is -3.61. The van der Waals surface area contributed by atoms with Gasteiger partial charge in [0.1, 0.15) is 5.56 Å². The van der Waals surface area contributed by atoms with Gasteiger partial charge in [-0.1, -0.05) is 0 Å². The van der Waals surface area contributed by atoms with E-state index < -0.39 is 57.7 Å². The van der Waals surface area contributed by atoms with Crippen LogP contribution in [-0.2, 0) is 5.92 Å². The zero-order valence-electron chi connectivity index (χ0n) is 10.7. The molecule has 0 aromatic heterocycles. The Labute approximate surface area is 140 Å². The normalized spacial score (nSPS) is 14.2. The van der Waals surface area contributed by atoms with Crippen LogP contribution >= 0.6 is 25.0 Å². The van der Waals surface area contributed by atoms with Crippen LogP contribution in [0, 0.1) is 23.3 Å². The van der Waals surface area contributed by atoms with E-state index >= 15 is 0 Å². The fourth-order valence-electron chi connectivity index (χ4n) is 1.49. The molecular weight excluding hydrogens is 479 g/mol. The Morgan fingerprint density at radius 1 is 0.600 bits per heavy atom. The molecule has 25 heavy (non-hydrogen) atoms. The summed E-state index contributed by atoms with van der Waals surface area (Å²) in [7, 11) is -0.291. The molecule has 15 heteroatoms. The number of benzene rings is 1. The highest BCUT2D eigenvalue weighted by Crippen LogP contribution is 2.57. The molecule has 0 spiro atoms. The van der Waals surface area contributed by atoms with Gasteiger partial charge < -0.3 is 0 Å². The maximum absolute atomic E-state index is 13.5. The Kier molecular flexibility index (Phi) is 5.67. The molecule has 0 saturated carbocycles. The highest BCUT2D eigenvalue weighted by molar-refractivity contribution is 9.50. The first-order valence-electron chi connectivity index (χ1n) is 5.32. The maximum atomic E-state index is 13.5. The van der Waals surface area contributed by atoms with Crippen molar-refractivity contribution in [1.29, 1.82) is 0 Å². The lowest BCUT2D eigenvalue weighted by Crippen LogP contribution is -2.60. The Morgan fingerprint density at radius 3 is 1.24 bits per heavy atom. The van der Waals surface area contributed by atoms with Crippen molar-refractivity contribution in [3.05, 3.63) is 28.8 Å². The van der Waals surface area contributed by atoms with Gasteiger partial charge in [-0.3, -0.25) is 0 Å². The van der Waals surface area contributed by atoms with Gasteiger partial charge in [-0.05, 0) is 25.0 Å². The van der Waals surface area contributed by atoms with Crippen molar-refractivity contribution in [3.8, 4) is 0 Å². The lowest BCUT2D eigenvalue weighted by molar-refractivity contribution is -0.400. The average molecular weight is 479 g/mol. The van der Waals surface area contributed by atoms with Crippen molar-refractivity contribution in [3.63, 3.8) is 0 Å². The second kappa shape index (κ2) is 6.39. The smallest absolute Gasteiger partial charge is 0.203 e. The molecule has 0 unspecified atom stereocenters. The predicted molar refractivity (Wildman–Crippen MR) is 60.9 cm³/mol. The fraction of sp³-hybridized carbons (Fsp3) is 0.400. The van der Waals surface area contributed by atoms with Crippen molar-refractivity contribution < 1.29 is 57.1 Å². The minimum atomic E-state index is -7.49. The molecule has 0 nitrogen and oxygen atoms in total. The Hall–Kier alpha value is -0.860. The van der Waals surface area contributed by atoms with Gasteiger partial charge in [0.15, 0.2) is 23.3 Å². The zero-order chi connectivity index (χ0) is 20.2. The minimum Gasteiger partial charge on any atom is -0.203 e. The van der Waals surface area contributed by atoms with E-state index in [4.69, 9.17) is 0 Å². The second-order valence-electron chi connectivity index (χ2n) is 4.26. The first-order chi connectivity index (χ1) is 11.0. The summed E-state index contributed by atoms with van der Waals surface area (Å²) in [5, 5.41) is 0. The summed E-state index contributed by atoms with van der Waals surface area (Å²) >= 11 is 2.20. The molecule has 0 aliphatic carbocycles. The Morgan fingerprint density at radius 2 is 0.960 bits per heavy atom. The van der Waals surface area contributed by atoms with Crippen molar-refractivity contribution in [2.24, 2.45) is 0 Å². The van der Waals surface area contributed by atoms with Crippen LogP contribution in [0.2, 0.25) is 0 Å². The summed E-state index contributed by atoms with van der Waals surface area (Å²) in [6.45, 7) is 0. The van der Waals surface area contributed by atoms with Crippen LogP contribution in [0.1, 0.15) is 5.56 Å². The van der Waals surface area contributed by atoms with E-state index in [-0.39, 0.29) is 10.2 Å². The van der Waals surface area contributed by atoms with Gasteiger partial charge in [-0.2, -0.15) is 39.5 Å². The molecule has 0 aliphatic rings. The van der Waals surface area contributed by atoms with E-state index in [0.29, 0.717) is 0 Å². The average Bonchev–Trinajstić information content (AvgIpc) is 2.44. The first-order valence-corrected chi connectivity index (χ1v) is 7.97. The molecule has 1 rings (SSSR count). The topological polar surface area (TPSA) is 0 Å². The third kappa shape index (κ3) is 3.06. The van der Waals surface area contributed by atoms with E-state index in [1.165, 1.54) is 0 Å². The number of halogens is 14. The Bertz CT molecular complexity index is 651. The van der Waals surface area contributed by atoms with Gasteiger partial charge in [0.2, 0.25) is 0 Å². The largest absolute Gasteiger partial charge is 0.460 e. The van der Waals surface area contributed by atoms with Gasteiger partial charge in [0.05, 0.1) is 4.90 Å². The lowest BCUT2D eigenvalue weighted by atomic mass is 9.95. The van der Waals surface area contributed by atoms with Crippen molar-refractivity contribution >= 4 is 25.0 Å². The molecule has 0 fully saturated rings. The van der Waals surface area contributed by atoms with Gasteiger partial charge in [0.25, 0.3) is 0 Å².